The van der Waals surface area contributed by atoms with Gasteiger partial charge in [0.05, 0.1) is 12.7 Å². The molecule has 3 nitrogen and oxygen atoms in total. The summed E-state index contributed by atoms with van der Waals surface area (Å²) in [6, 6.07) is 0.251. The van der Waals surface area contributed by atoms with Crippen LogP contribution in [0.25, 0.3) is 0 Å². The second-order valence-electron chi connectivity index (χ2n) is 4.71. The van der Waals surface area contributed by atoms with Gasteiger partial charge >= 0.3 is 0 Å². The van der Waals surface area contributed by atoms with Gasteiger partial charge in [-0.3, -0.25) is 0 Å². The Hall–Kier alpha value is -0.120. The first-order valence-corrected chi connectivity index (χ1v) is 5.20. The number of nitrogens with zero attached hydrogens (tertiary/aromatic N) is 1. The van der Waals surface area contributed by atoms with E-state index in [-0.39, 0.29) is 12.1 Å². The maximum Gasteiger partial charge on any atom is 0.0704 e. The first-order valence-electron chi connectivity index (χ1n) is 5.20. The molecule has 0 amide bonds. The van der Waals surface area contributed by atoms with Gasteiger partial charge in [-0.15, -0.1) is 0 Å². The molecule has 2 aliphatic heterocycles. The summed E-state index contributed by atoms with van der Waals surface area (Å²) in [5.41, 5.74) is 6.49. The topological polar surface area (TPSA) is 38.5 Å². The Morgan fingerprint density at radius 2 is 2.00 bits per heavy atom. The van der Waals surface area contributed by atoms with Gasteiger partial charge < -0.3 is 15.4 Å². The van der Waals surface area contributed by atoms with Gasteiger partial charge in [-0.1, -0.05) is 0 Å². The second-order valence-corrected chi connectivity index (χ2v) is 4.71. The molecular formula is C10H20N2O. The predicted octanol–water partition coefficient (Wildman–Crippen LogP) is 0.444. The third kappa shape index (κ3) is 1.49. The molecular weight excluding hydrogens is 164 g/mol. The van der Waals surface area contributed by atoms with Crippen LogP contribution in [-0.4, -0.2) is 43.8 Å². The lowest BCUT2D eigenvalue weighted by Gasteiger charge is -2.39. The van der Waals surface area contributed by atoms with Crippen molar-refractivity contribution in [3.05, 3.63) is 0 Å². The summed E-state index contributed by atoms with van der Waals surface area (Å²) in [5.74, 6) is 0. The molecule has 0 radical (unpaired) electrons. The molecule has 0 aromatic heterocycles. The largest absolute Gasteiger partial charge is 0.376 e. The Labute approximate surface area is 80.2 Å². The van der Waals surface area contributed by atoms with Gasteiger partial charge in [-0.2, -0.15) is 0 Å². The van der Waals surface area contributed by atoms with Gasteiger partial charge in [0.1, 0.15) is 0 Å². The maximum absolute atomic E-state index is 6.19. The lowest BCUT2D eigenvalue weighted by Crippen LogP contribution is -2.49. The van der Waals surface area contributed by atoms with Crippen LogP contribution in [0.3, 0.4) is 0 Å². The first-order chi connectivity index (χ1) is 6.14. The minimum absolute atomic E-state index is 0.251. The van der Waals surface area contributed by atoms with E-state index in [1.54, 1.807) is 0 Å². The summed E-state index contributed by atoms with van der Waals surface area (Å²) in [6.07, 6.45) is 2.66. The highest BCUT2D eigenvalue weighted by atomic mass is 16.5. The van der Waals surface area contributed by atoms with Crippen LogP contribution < -0.4 is 5.73 Å². The van der Waals surface area contributed by atoms with Gasteiger partial charge in [-0.05, 0) is 39.9 Å². The second kappa shape index (κ2) is 3.23. The fourth-order valence-corrected chi connectivity index (χ4v) is 2.54. The van der Waals surface area contributed by atoms with E-state index in [2.05, 4.69) is 18.9 Å². The smallest absolute Gasteiger partial charge is 0.0704 e. The lowest BCUT2D eigenvalue weighted by molar-refractivity contribution is 0.0756. The van der Waals surface area contributed by atoms with Crippen LogP contribution in [0, 0.1) is 5.41 Å². The Bertz CT molecular complexity index is 187. The zero-order valence-electron chi connectivity index (χ0n) is 8.62. The standard InChI is InChI=1S/C10H20N2O/c1-8-9(11)10(7-13-8)3-5-12(2)6-4-10/h8-9H,3-7,11H2,1-2H3/t8-,9+/m0/s1. The number of hydrogen-bond donors (Lipinski definition) is 1. The third-order valence-electron chi connectivity index (χ3n) is 3.83. The Morgan fingerprint density at radius 3 is 2.46 bits per heavy atom. The number of likely N-dealkylation sites (tertiary alicyclic amines) is 1. The minimum Gasteiger partial charge on any atom is -0.376 e. The van der Waals surface area contributed by atoms with Crippen LogP contribution >= 0.6 is 0 Å². The number of piperidine rings is 1. The SMILES string of the molecule is C[C@@H]1OCC2(CCN(C)CC2)[C@@H]1N. The van der Waals surface area contributed by atoms with Crippen LogP contribution in [0.15, 0.2) is 0 Å². The molecule has 0 saturated carbocycles. The van der Waals surface area contributed by atoms with Crippen molar-refractivity contribution in [1.82, 2.24) is 4.90 Å². The predicted molar refractivity (Wildman–Crippen MR) is 52.6 cm³/mol. The lowest BCUT2D eigenvalue weighted by atomic mass is 9.73. The molecule has 1 spiro atoms. The summed E-state index contributed by atoms with van der Waals surface area (Å²) in [5, 5.41) is 0. The van der Waals surface area contributed by atoms with E-state index in [0.717, 1.165) is 6.61 Å². The van der Waals surface area contributed by atoms with Crippen molar-refractivity contribution in [3.63, 3.8) is 0 Å². The molecule has 0 bridgehead atoms. The van der Waals surface area contributed by atoms with Crippen LogP contribution in [-0.2, 0) is 4.74 Å². The van der Waals surface area contributed by atoms with Crippen molar-refractivity contribution < 1.29 is 4.74 Å². The number of rotatable bonds is 0. The first kappa shape index (κ1) is 9.44. The zero-order chi connectivity index (χ0) is 9.47. The van der Waals surface area contributed by atoms with E-state index in [1.165, 1.54) is 25.9 Å². The van der Waals surface area contributed by atoms with E-state index in [4.69, 9.17) is 10.5 Å². The van der Waals surface area contributed by atoms with Crippen LogP contribution in [0.4, 0.5) is 0 Å². The van der Waals surface area contributed by atoms with Crippen molar-refractivity contribution in [1.29, 1.82) is 0 Å². The monoisotopic (exact) mass is 184 g/mol. The molecule has 2 rings (SSSR count). The quantitative estimate of drug-likeness (QED) is 0.594. The molecule has 2 saturated heterocycles. The molecule has 0 unspecified atom stereocenters. The average Bonchev–Trinajstić information content (AvgIpc) is 2.40. The molecule has 0 aromatic rings. The van der Waals surface area contributed by atoms with Crippen molar-refractivity contribution in [2.45, 2.75) is 31.9 Å². The normalized spacial score (nSPS) is 39.9. The van der Waals surface area contributed by atoms with Gasteiger partial charge in [0.25, 0.3) is 0 Å². The fourth-order valence-electron chi connectivity index (χ4n) is 2.54. The van der Waals surface area contributed by atoms with Crippen molar-refractivity contribution in [2.24, 2.45) is 11.1 Å². The fraction of sp³-hybridized carbons (Fsp3) is 1.00. The van der Waals surface area contributed by atoms with Crippen molar-refractivity contribution in [2.75, 3.05) is 26.7 Å². The van der Waals surface area contributed by atoms with Gasteiger partial charge in [0.2, 0.25) is 0 Å². The van der Waals surface area contributed by atoms with E-state index < -0.39 is 0 Å². The zero-order valence-corrected chi connectivity index (χ0v) is 8.62. The van der Waals surface area contributed by atoms with Gasteiger partial charge in [0, 0.05) is 11.5 Å². The average molecular weight is 184 g/mol. The molecule has 2 N–H and O–H groups in total. The summed E-state index contributed by atoms with van der Waals surface area (Å²) < 4.78 is 5.65. The van der Waals surface area contributed by atoms with E-state index in [0.29, 0.717) is 5.41 Å². The van der Waals surface area contributed by atoms with E-state index >= 15 is 0 Å². The van der Waals surface area contributed by atoms with E-state index in [9.17, 15) is 0 Å². The summed E-state index contributed by atoms with van der Waals surface area (Å²) in [4.78, 5) is 2.38. The summed E-state index contributed by atoms with van der Waals surface area (Å²) in [7, 11) is 2.18. The molecule has 13 heavy (non-hydrogen) atoms. The summed E-state index contributed by atoms with van der Waals surface area (Å²) >= 11 is 0. The Morgan fingerprint density at radius 1 is 1.38 bits per heavy atom. The molecule has 0 aromatic carbocycles. The van der Waals surface area contributed by atoms with Crippen LogP contribution in [0.1, 0.15) is 19.8 Å². The molecule has 2 atom stereocenters. The number of ether oxygens (including phenoxy) is 1. The molecule has 3 heteroatoms. The highest BCUT2D eigenvalue weighted by Crippen LogP contribution is 2.40. The molecule has 76 valence electrons. The van der Waals surface area contributed by atoms with Crippen LogP contribution in [0.5, 0.6) is 0 Å². The van der Waals surface area contributed by atoms with Crippen molar-refractivity contribution >= 4 is 0 Å². The number of nitrogens with two attached hydrogens (primary N) is 1. The Kier molecular flexibility index (Phi) is 2.34. The highest BCUT2D eigenvalue weighted by molar-refractivity contribution is 4.99. The van der Waals surface area contributed by atoms with Crippen LogP contribution in [0.2, 0.25) is 0 Å². The number of hydrogen-bond acceptors (Lipinski definition) is 3. The summed E-state index contributed by atoms with van der Waals surface area (Å²) in [6.45, 7) is 5.31. The molecule has 2 aliphatic rings. The third-order valence-corrected chi connectivity index (χ3v) is 3.83. The maximum atomic E-state index is 6.19. The van der Waals surface area contributed by atoms with Crippen molar-refractivity contribution in [3.8, 4) is 0 Å². The Balaban J connectivity index is 2.05. The van der Waals surface area contributed by atoms with Gasteiger partial charge in [0.15, 0.2) is 0 Å². The minimum atomic E-state index is 0.251. The van der Waals surface area contributed by atoms with E-state index in [1.807, 2.05) is 0 Å². The van der Waals surface area contributed by atoms with Gasteiger partial charge in [-0.25, -0.2) is 0 Å². The molecule has 2 fully saturated rings. The molecule has 0 aliphatic carbocycles. The molecule has 2 heterocycles. The highest BCUT2D eigenvalue weighted by Gasteiger charge is 2.46.